The number of nitrogens with zero attached hydrogens (tertiary/aromatic N) is 1. The van der Waals surface area contributed by atoms with Crippen LogP contribution in [0.2, 0.25) is 0 Å². The maximum absolute atomic E-state index is 11.9. The van der Waals surface area contributed by atoms with E-state index in [-0.39, 0.29) is 12.0 Å². The Morgan fingerprint density at radius 1 is 1.53 bits per heavy atom. The smallest absolute Gasteiger partial charge is 0.232 e. The lowest BCUT2D eigenvalue weighted by molar-refractivity contribution is -0.127. The van der Waals surface area contributed by atoms with Crippen LogP contribution in [0.1, 0.15) is 18.9 Å². The van der Waals surface area contributed by atoms with Gasteiger partial charge in [0.05, 0.1) is 11.9 Å². The topological polar surface area (TPSA) is 40.5 Å². The number of halogens is 1. The van der Waals surface area contributed by atoms with Crippen molar-refractivity contribution in [3.63, 3.8) is 0 Å². The fraction of sp³-hybridized carbons (Fsp3) is 0.500. The summed E-state index contributed by atoms with van der Waals surface area (Å²) >= 11 is 4.98. The Morgan fingerprint density at radius 3 is 2.79 bits per heavy atom. The van der Waals surface area contributed by atoms with Gasteiger partial charge in [0.2, 0.25) is 5.91 Å². The van der Waals surface area contributed by atoms with Crippen molar-refractivity contribution in [1.29, 1.82) is 0 Å². The van der Waals surface area contributed by atoms with Gasteiger partial charge in [0, 0.05) is 23.0 Å². The lowest BCUT2D eigenvalue weighted by atomic mass is 10.2. The van der Waals surface area contributed by atoms with E-state index in [4.69, 9.17) is 0 Å². The number of rotatable bonds is 6. The van der Waals surface area contributed by atoms with Gasteiger partial charge in [-0.1, -0.05) is 15.9 Å². The quantitative estimate of drug-likeness (QED) is 0.805. The molecule has 0 spiro atoms. The van der Waals surface area contributed by atoms with E-state index in [1.54, 1.807) is 30.6 Å². The highest BCUT2D eigenvalue weighted by Gasteiger charge is 2.11. The fourth-order valence-electron chi connectivity index (χ4n) is 1.53. The molecule has 106 valence electrons. The van der Waals surface area contributed by atoms with Crippen LogP contribution in [-0.2, 0) is 4.79 Å². The third kappa shape index (κ3) is 5.97. The first-order chi connectivity index (χ1) is 8.90. The predicted octanol–water partition coefficient (Wildman–Crippen LogP) is 3.08. The number of carbonyl (C=O) groups is 1. The molecular weight excluding hydrogens is 326 g/mol. The van der Waals surface area contributed by atoms with Gasteiger partial charge in [-0.05, 0) is 44.0 Å². The Hall–Kier alpha value is -0.520. The Balaban J connectivity index is 2.45. The van der Waals surface area contributed by atoms with Gasteiger partial charge in [0.15, 0.2) is 0 Å². The SMILES string of the molecule is Cc1cc(Br)ccc1SCC(=O)N(C)CCC(C)O. The lowest BCUT2D eigenvalue weighted by Gasteiger charge is -2.18. The van der Waals surface area contributed by atoms with Crippen LogP contribution in [0.5, 0.6) is 0 Å². The van der Waals surface area contributed by atoms with E-state index >= 15 is 0 Å². The first-order valence-corrected chi connectivity index (χ1v) is 7.99. The third-order valence-electron chi connectivity index (χ3n) is 2.80. The van der Waals surface area contributed by atoms with E-state index in [2.05, 4.69) is 15.9 Å². The number of hydrogen-bond donors (Lipinski definition) is 1. The number of hydrogen-bond acceptors (Lipinski definition) is 3. The lowest BCUT2D eigenvalue weighted by Crippen LogP contribution is -2.30. The zero-order valence-corrected chi connectivity index (χ0v) is 13.9. The van der Waals surface area contributed by atoms with Crippen molar-refractivity contribution in [3.05, 3.63) is 28.2 Å². The van der Waals surface area contributed by atoms with Crippen molar-refractivity contribution in [3.8, 4) is 0 Å². The maximum Gasteiger partial charge on any atom is 0.232 e. The van der Waals surface area contributed by atoms with Gasteiger partial charge >= 0.3 is 0 Å². The molecule has 0 aliphatic heterocycles. The molecule has 1 rings (SSSR count). The molecule has 1 aromatic carbocycles. The monoisotopic (exact) mass is 345 g/mol. The summed E-state index contributed by atoms with van der Waals surface area (Å²) in [5.41, 5.74) is 1.17. The van der Waals surface area contributed by atoms with Crippen molar-refractivity contribution in [2.75, 3.05) is 19.3 Å². The number of aliphatic hydroxyl groups excluding tert-OH is 1. The number of aryl methyl sites for hydroxylation is 1. The van der Waals surface area contributed by atoms with E-state index in [0.717, 1.165) is 9.37 Å². The minimum Gasteiger partial charge on any atom is -0.393 e. The molecule has 0 heterocycles. The molecule has 3 nitrogen and oxygen atoms in total. The zero-order chi connectivity index (χ0) is 14.4. The Kier molecular flexibility index (Phi) is 6.89. The van der Waals surface area contributed by atoms with Crippen LogP contribution in [0.25, 0.3) is 0 Å². The largest absolute Gasteiger partial charge is 0.393 e. The first-order valence-electron chi connectivity index (χ1n) is 6.21. The Morgan fingerprint density at radius 2 is 2.21 bits per heavy atom. The molecule has 1 amide bonds. The standard InChI is InChI=1S/C14H20BrNO2S/c1-10-8-12(15)4-5-13(10)19-9-14(18)16(3)7-6-11(2)17/h4-5,8,11,17H,6-7,9H2,1-3H3. The van der Waals surface area contributed by atoms with Gasteiger partial charge in [-0.25, -0.2) is 0 Å². The average molecular weight is 346 g/mol. The van der Waals surface area contributed by atoms with Crippen LogP contribution in [0.3, 0.4) is 0 Å². The molecule has 1 aromatic rings. The molecule has 0 aliphatic rings. The Bertz CT molecular complexity index is 437. The maximum atomic E-state index is 11.9. The average Bonchev–Trinajstić information content (AvgIpc) is 2.34. The van der Waals surface area contributed by atoms with E-state index in [1.165, 1.54) is 5.56 Å². The summed E-state index contributed by atoms with van der Waals surface area (Å²) in [4.78, 5) is 14.7. The summed E-state index contributed by atoms with van der Waals surface area (Å²) in [6.07, 6.45) is 0.251. The van der Waals surface area contributed by atoms with Gasteiger partial charge in [-0.2, -0.15) is 0 Å². The van der Waals surface area contributed by atoms with Crippen LogP contribution in [-0.4, -0.2) is 41.4 Å². The Labute approximate surface area is 127 Å². The molecular formula is C14H20BrNO2S. The van der Waals surface area contributed by atoms with E-state index < -0.39 is 0 Å². The van der Waals surface area contributed by atoms with Crippen molar-refractivity contribution in [1.82, 2.24) is 4.90 Å². The van der Waals surface area contributed by atoms with Gasteiger partial charge in [-0.3, -0.25) is 4.79 Å². The third-order valence-corrected chi connectivity index (χ3v) is 4.45. The normalized spacial score (nSPS) is 12.3. The van der Waals surface area contributed by atoms with E-state index in [9.17, 15) is 9.90 Å². The molecule has 1 atom stereocenters. The summed E-state index contributed by atoms with van der Waals surface area (Å²) in [6.45, 7) is 4.36. The summed E-state index contributed by atoms with van der Waals surface area (Å²) in [5, 5.41) is 9.21. The fourth-order valence-corrected chi connectivity index (χ4v) is 2.96. The molecule has 0 saturated heterocycles. The second kappa shape index (κ2) is 7.92. The van der Waals surface area contributed by atoms with Crippen LogP contribution in [0.4, 0.5) is 0 Å². The molecule has 0 fully saturated rings. The number of carbonyl (C=O) groups excluding carboxylic acids is 1. The molecule has 0 radical (unpaired) electrons. The molecule has 1 N–H and O–H groups in total. The van der Waals surface area contributed by atoms with Crippen LogP contribution < -0.4 is 0 Å². The molecule has 0 aromatic heterocycles. The summed E-state index contributed by atoms with van der Waals surface area (Å²) in [5.74, 6) is 0.520. The zero-order valence-electron chi connectivity index (χ0n) is 11.5. The highest BCUT2D eigenvalue weighted by molar-refractivity contribution is 9.10. The van der Waals surface area contributed by atoms with Crippen molar-refractivity contribution < 1.29 is 9.90 Å². The highest BCUT2D eigenvalue weighted by atomic mass is 79.9. The van der Waals surface area contributed by atoms with E-state index in [0.29, 0.717) is 18.7 Å². The van der Waals surface area contributed by atoms with Crippen LogP contribution in [0.15, 0.2) is 27.6 Å². The number of amides is 1. The van der Waals surface area contributed by atoms with E-state index in [1.807, 2.05) is 25.1 Å². The van der Waals surface area contributed by atoms with Crippen molar-refractivity contribution in [2.24, 2.45) is 0 Å². The van der Waals surface area contributed by atoms with Crippen molar-refractivity contribution in [2.45, 2.75) is 31.3 Å². The molecule has 0 saturated carbocycles. The number of aliphatic hydroxyl groups is 1. The number of thioether (sulfide) groups is 1. The van der Waals surface area contributed by atoms with Gasteiger partial charge < -0.3 is 10.0 Å². The molecule has 0 bridgehead atoms. The minimum atomic E-state index is -0.364. The molecule has 0 aliphatic carbocycles. The second-order valence-electron chi connectivity index (χ2n) is 4.65. The van der Waals surface area contributed by atoms with Gasteiger partial charge in [-0.15, -0.1) is 11.8 Å². The first kappa shape index (κ1) is 16.5. The second-order valence-corrected chi connectivity index (χ2v) is 6.58. The van der Waals surface area contributed by atoms with Crippen molar-refractivity contribution >= 4 is 33.6 Å². The van der Waals surface area contributed by atoms with Gasteiger partial charge in [0.1, 0.15) is 0 Å². The van der Waals surface area contributed by atoms with Crippen LogP contribution in [0, 0.1) is 6.92 Å². The molecule has 1 unspecified atom stereocenters. The number of benzene rings is 1. The molecule has 5 heteroatoms. The highest BCUT2D eigenvalue weighted by Crippen LogP contribution is 2.25. The summed E-state index contributed by atoms with van der Waals surface area (Å²) in [6, 6.07) is 6.05. The summed E-state index contributed by atoms with van der Waals surface area (Å²) in [7, 11) is 1.78. The predicted molar refractivity (Wildman–Crippen MR) is 83.5 cm³/mol. The minimum absolute atomic E-state index is 0.0907. The molecule has 19 heavy (non-hydrogen) atoms. The van der Waals surface area contributed by atoms with Crippen LogP contribution >= 0.6 is 27.7 Å². The van der Waals surface area contributed by atoms with Gasteiger partial charge in [0.25, 0.3) is 0 Å². The summed E-state index contributed by atoms with van der Waals surface area (Å²) < 4.78 is 1.05.